The molecular weight excluding hydrogens is 388 g/mol. The van der Waals surface area contributed by atoms with Crippen LogP contribution in [0.2, 0.25) is 0 Å². The van der Waals surface area contributed by atoms with Crippen LogP contribution in [0, 0.1) is 5.92 Å². The van der Waals surface area contributed by atoms with E-state index in [0.717, 1.165) is 28.8 Å². The number of hydrogen-bond acceptors (Lipinski definition) is 3. The summed E-state index contributed by atoms with van der Waals surface area (Å²) < 4.78 is 1.86. The van der Waals surface area contributed by atoms with Crippen molar-refractivity contribution in [1.29, 1.82) is 0 Å². The first-order chi connectivity index (χ1) is 15.0. The molecule has 1 aromatic heterocycles. The molecule has 2 amide bonds. The lowest BCUT2D eigenvalue weighted by Gasteiger charge is -2.20. The van der Waals surface area contributed by atoms with Crippen LogP contribution in [-0.2, 0) is 16.1 Å². The molecule has 6 nitrogen and oxygen atoms in total. The molecule has 0 saturated heterocycles. The minimum atomic E-state index is -0.698. The second kappa shape index (κ2) is 10.4. The molecular formula is C25H28N4O2. The third kappa shape index (κ3) is 5.92. The minimum absolute atomic E-state index is 0.0386. The molecule has 0 aliphatic carbocycles. The average molecular weight is 417 g/mol. The van der Waals surface area contributed by atoms with E-state index in [1.54, 1.807) is 6.08 Å². The number of carbonyl (C=O) groups excluding carboxylic acids is 2. The van der Waals surface area contributed by atoms with Gasteiger partial charge in [-0.15, -0.1) is 0 Å². The first-order valence-electron chi connectivity index (χ1n) is 10.4. The number of nitrogens with one attached hydrogen (secondary N) is 1. The van der Waals surface area contributed by atoms with Crippen LogP contribution >= 0.6 is 0 Å². The first kappa shape index (κ1) is 22.0. The molecule has 0 spiro atoms. The highest BCUT2D eigenvalue weighted by Crippen LogP contribution is 2.23. The van der Waals surface area contributed by atoms with Crippen molar-refractivity contribution in [3.63, 3.8) is 0 Å². The highest BCUT2D eigenvalue weighted by molar-refractivity contribution is 5.96. The monoisotopic (exact) mass is 416 g/mol. The smallest absolute Gasteiger partial charge is 0.244 e. The van der Waals surface area contributed by atoms with Gasteiger partial charge in [-0.3, -0.25) is 14.3 Å². The van der Waals surface area contributed by atoms with Gasteiger partial charge in [0.05, 0.1) is 12.2 Å². The van der Waals surface area contributed by atoms with Crippen LogP contribution in [0.25, 0.3) is 17.3 Å². The number of hydrogen-bond donors (Lipinski definition) is 2. The highest BCUT2D eigenvalue weighted by atomic mass is 16.2. The maximum absolute atomic E-state index is 12.5. The average Bonchev–Trinajstić information content (AvgIpc) is 3.19. The van der Waals surface area contributed by atoms with Crippen molar-refractivity contribution in [2.45, 2.75) is 32.9 Å². The Balaban J connectivity index is 1.84. The fraction of sp³-hybridized carbons (Fsp3) is 0.240. The van der Waals surface area contributed by atoms with E-state index in [1.165, 1.54) is 6.08 Å². The molecule has 0 saturated carbocycles. The van der Waals surface area contributed by atoms with Crippen molar-refractivity contribution >= 4 is 17.9 Å². The van der Waals surface area contributed by atoms with Crippen LogP contribution in [0.1, 0.15) is 31.4 Å². The summed E-state index contributed by atoms with van der Waals surface area (Å²) in [5.41, 5.74) is 9.15. The van der Waals surface area contributed by atoms with Crippen LogP contribution in [0.5, 0.6) is 0 Å². The van der Waals surface area contributed by atoms with Gasteiger partial charge in [0.15, 0.2) is 0 Å². The molecule has 3 N–H and O–H groups in total. The summed E-state index contributed by atoms with van der Waals surface area (Å²) in [5, 5.41) is 7.46. The Morgan fingerprint density at radius 3 is 2.35 bits per heavy atom. The van der Waals surface area contributed by atoms with Crippen LogP contribution in [0.3, 0.4) is 0 Å². The van der Waals surface area contributed by atoms with Crippen molar-refractivity contribution in [3.05, 3.63) is 84.1 Å². The standard InChI is InChI=1S/C25H28N4O2/c1-3-18(2)23(25(26)31)27-22(30)15-14-21-17-29(16-19-10-6-4-7-11-19)28-24(21)20-12-8-5-9-13-20/h4-15,17-18,23H,3,16H2,1-2H3,(H2,26,31)(H,27,30)/b15-14+. The summed E-state index contributed by atoms with van der Waals surface area (Å²) in [4.78, 5) is 24.2. The third-order valence-corrected chi connectivity index (χ3v) is 5.26. The fourth-order valence-corrected chi connectivity index (χ4v) is 3.33. The van der Waals surface area contributed by atoms with Crippen molar-refractivity contribution < 1.29 is 9.59 Å². The Labute approximate surface area is 182 Å². The molecule has 2 atom stereocenters. The van der Waals surface area contributed by atoms with E-state index in [0.29, 0.717) is 6.54 Å². The number of nitrogens with two attached hydrogens (primary N) is 1. The van der Waals surface area contributed by atoms with Crippen LogP contribution in [0.4, 0.5) is 0 Å². The molecule has 160 valence electrons. The topological polar surface area (TPSA) is 90.0 Å². The third-order valence-electron chi connectivity index (χ3n) is 5.26. The van der Waals surface area contributed by atoms with Gasteiger partial charge < -0.3 is 11.1 Å². The molecule has 3 rings (SSSR count). The van der Waals surface area contributed by atoms with E-state index < -0.39 is 11.9 Å². The second-order valence-corrected chi connectivity index (χ2v) is 7.59. The molecule has 2 unspecified atom stereocenters. The zero-order chi connectivity index (χ0) is 22.2. The minimum Gasteiger partial charge on any atom is -0.368 e. The summed E-state index contributed by atoms with van der Waals surface area (Å²) in [6.45, 7) is 4.47. The SMILES string of the molecule is CCC(C)C(NC(=O)/C=C/c1cn(Cc2ccccc2)nc1-c1ccccc1)C(N)=O. The second-order valence-electron chi connectivity index (χ2n) is 7.59. The lowest BCUT2D eigenvalue weighted by atomic mass is 9.98. The van der Waals surface area contributed by atoms with Gasteiger partial charge in [-0.05, 0) is 17.6 Å². The Morgan fingerprint density at radius 1 is 1.10 bits per heavy atom. The highest BCUT2D eigenvalue weighted by Gasteiger charge is 2.22. The molecule has 0 fully saturated rings. The van der Waals surface area contributed by atoms with Gasteiger partial charge in [-0.25, -0.2) is 0 Å². The summed E-state index contributed by atoms with van der Waals surface area (Å²) in [7, 11) is 0. The molecule has 0 radical (unpaired) electrons. The summed E-state index contributed by atoms with van der Waals surface area (Å²) in [6, 6.07) is 19.2. The van der Waals surface area contributed by atoms with E-state index in [4.69, 9.17) is 10.8 Å². The zero-order valence-electron chi connectivity index (χ0n) is 17.9. The fourth-order valence-electron chi connectivity index (χ4n) is 3.33. The van der Waals surface area contributed by atoms with Crippen LogP contribution in [-0.4, -0.2) is 27.6 Å². The van der Waals surface area contributed by atoms with Gasteiger partial charge in [0.1, 0.15) is 6.04 Å². The van der Waals surface area contributed by atoms with E-state index in [9.17, 15) is 9.59 Å². The number of carbonyl (C=O) groups is 2. The largest absolute Gasteiger partial charge is 0.368 e. The summed E-state index contributed by atoms with van der Waals surface area (Å²) in [5.74, 6) is -0.931. The van der Waals surface area contributed by atoms with Gasteiger partial charge in [0.2, 0.25) is 11.8 Å². The Hall–Kier alpha value is -3.67. The maximum Gasteiger partial charge on any atom is 0.244 e. The molecule has 0 aliphatic rings. The number of rotatable bonds is 9. The lowest BCUT2D eigenvalue weighted by molar-refractivity contribution is -0.126. The van der Waals surface area contributed by atoms with Crippen molar-refractivity contribution in [1.82, 2.24) is 15.1 Å². The molecule has 2 aromatic carbocycles. The predicted octanol–water partition coefficient (Wildman–Crippen LogP) is 3.63. The van der Waals surface area contributed by atoms with Crippen molar-refractivity contribution in [2.75, 3.05) is 0 Å². The first-order valence-corrected chi connectivity index (χ1v) is 10.4. The molecule has 6 heteroatoms. The lowest BCUT2D eigenvalue weighted by Crippen LogP contribution is -2.47. The Kier molecular flexibility index (Phi) is 7.38. The number of nitrogens with zero attached hydrogens (tertiary/aromatic N) is 2. The van der Waals surface area contributed by atoms with Gasteiger partial charge >= 0.3 is 0 Å². The van der Waals surface area contributed by atoms with E-state index in [2.05, 4.69) is 5.32 Å². The normalized spacial score (nSPS) is 13.1. The van der Waals surface area contributed by atoms with Crippen molar-refractivity contribution in [3.8, 4) is 11.3 Å². The molecule has 0 aliphatic heterocycles. The predicted molar refractivity (Wildman–Crippen MR) is 123 cm³/mol. The van der Waals surface area contributed by atoms with E-state index >= 15 is 0 Å². The van der Waals surface area contributed by atoms with Crippen LogP contribution < -0.4 is 11.1 Å². The Bertz CT molecular complexity index is 1040. The number of amides is 2. The molecule has 0 bridgehead atoms. The zero-order valence-corrected chi connectivity index (χ0v) is 17.9. The molecule has 1 heterocycles. The quantitative estimate of drug-likeness (QED) is 0.522. The van der Waals surface area contributed by atoms with Crippen LogP contribution in [0.15, 0.2) is 72.9 Å². The van der Waals surface area contributed by atoms with E-state index in [1.807, 2.05) is 85.4 Å². The number of benzene rings is 2. The van der Waals surface area contributed by atoms with E-state index in [-0.39, 0.29) is 11.8 Å². The molecule has 3 aromatic rings. The Morgan fingerprint density at radius 2 is 1.74 bits per heavy atom. The maximum atomic E-state index is 12.5. The van der Waals surface area contributed by atoms with Crippen molar-refractivity contribution in [2.24, 2.45) is 11.7 Å². The van der Waals surface area contributed by atoms with Gasteiger partial charge in [-0.1, -0.05) is 80.9 Å². The number of primary amides is 1. The summed E-state index contributed by atoms with van der Waals surface area (Å²) in [6.07, 6.45) is 5.80. The van der Waals surface area contributed by atoms with Gasteiger partial charge in [-0.2, -0.15) is 5.10 Å². The number of aromatic nitrogens is 2. The van der Waals surface area contributed by atoms with Gasteiger partial charge in [0.25, 0.3) is 0 Å². The molecule has 31 heavy (non-hydrogen) atoms. The summed E-state index contributed by atoms with van der Waals surface area (Å²) >= 11 is 0. The van der Waals surface area contributed by atoms with Gasteiger partial charge in [0, 0.05) is 23.4 Å².